The molecule has 3 aromatic rings. The number of hydrogen-bond donors (Lipinski definition) is 1. The lowest BCUT2D eigenvalue weighted by molar-refractivity contribution is 0.0649. The van der Waals surface area contributed by atoms with Crippen LogP contribution >= 0.6 is 0 Å². The van der Waals surface area contributed by atoms with Crippen LogP contribution in [0.15, 0.2) is 36.5 Å². The van der Waals surface area contributed by atoms with Gasteiger partial charge in [-0.15, -0.1) is 5.10 Å². The van der Waals surface area contributed by atoms with Crippen molar-refractivity contribution in [1.29, 1.82) is 0 Å². The van der Waals surface area contributed by atoms with E-state index in [-0.39, 0.29) is 11.9 Å². The number of fused-ring (bicyclic) bond motifs is 1. The van der Waals surface area contributed by atoms with E-state index in [1.54, 1.807) is 10.9 Å². The molecule has 0 unspecified atom stereocenters. The number of nitrogens with zero attached hydrogens (tertiary/aromatic N) is 5. The average molecular weight is 336 g/mol. The molecule has 0 bridgehead atoms. The summed E-state index contributed by atoms with van der Waals surface area (Å²) in [6.07, 6.45) is 1.77. The first-order valence-corrected chi connectivity index (χ1v) is 8.44. The Balaban J connectivity index is 1.69. The van der Waals surface area contributed by atoms with E-state index in [9.17, 15) is 4.79 Å². The summed E-state index contributed by atoms with van der Waals surface area (Å²) in [5, 5.41) is 12.7. The van der Waals surface area contributed by atoms with Gasteiger partial charge in [0.15, 0.2) is 5.69 Å². The zero-order valence-electron chi connectivity index (χ0n) is 14.3. The maximum Gasteiger partial charge on any atom is 0.276 e. The quantitative estimate of drug-likeness (QED) is 0.768. The van der Waals surface area contributed by atoms with E-state index < -0.39 is 0 Å². The van der Waals surface area contributed by atoms with Crippen molar-refractivity contribution in [1.82, 2.24) is 30.2 Å². The SMILES string of the molecule is Cc1c(C(=O)N2CCNC[C@@H]2C)nnn1-c1ccc2ncccc2c1. The van der Waals surface area contributed by atoms with Gasteiger partial charge >= 0.3 is 0 Å². The van der Waals surface area contributed by atoms with Crippen molar-refractivity contribution in [3.8, 4) is 5.69 Å². The first-order valence-electron chi connectivity index (χ1n) is 8.44. The van der Waals surface area contributed by atoms with E-state index in [1.807, 2.05) is 49.1 Å². The molecule has 2 aromatic heterocycles. The standard InChI is InChI=1S/C18H20N6O/c1-12-11-19-8-9-23(12)18(25)17-13(2)24(22-21-17)15-5-6-16-14(10-15)4-3-7-20-16/h3-7,10,12,19H,8-9,11H2,1-2H3/t12-/m0/s1. The summed E-state index contributed by atoms with van der Waals surface area (Å²) in [6, 6.07) is 9.96. The number of piperazine rings is 1. The number of pyridine rings is 1. The van der Waals surface area contributed by atoms with Crippen LogP contribution in [-0.4, -0.2) is 56.5 Å². The van der Waals surface area contributed by atoms with Gasteiger partial charge in [-0.25, -0.2) is 4.68 Å². The zero-order chi connectivity index (χ0) is 17.4. The summed E-state index contributed by atoms with van der Waals surface area (Å²) in [5.41, 5.74) is 2.96. The number of benzene rings is 1. The monoisotopic (exact) mass is 336 g/mol. The van der Waals surface area contributed by atoms with E-state index in [2.05, 4.69) is 20.6 Å². The lowest BCUT2D eigenvalue weighted by atomic mass is 10.1. The molecule has 1 amide bonds. The number of carbonyl (C=O) groups excluding carboxylic acids is 1. The van der Waals surface area contributed by atoms with Crippen LogP contribution in [0.25, 0.3) is 16.6 Å². The lowest BCUT2D eigenvalue weighted by Gasteiger charge is -2.33. The van der Waals surface area contributed by atoms with Crippen LogP contribution in [0.3, 0.4) is 0 Å². The number of amides is 1. The van der Waals surface area contributed by atoms with E-state index in [4.69, 9.17) is 0 Å². The second-order valence-electron chi connectivity index (χ2n) is 6.37. The van der Waals surface area contributed by atoms with Gasteiger partial charge in [0.25, 0.3) is 5.91 Å². The fourth-order valence-corrected chi connectivity index (χ4v) is 3.25. The Morgan fingerprint density at radius 1 is 1.32 bits per heavy atom. The Morgan fingerprint density at radius 2 is 2.20 bits per heavy atom. The maximum absolute atomic E-state index is 12.9. The topological polar surface area (TPSA) is 75.9 Å². The van der Waals surface area contributed by atoms with Crippen LogP contribution in [0.5, 0.6) is 0 Å². The van der Waals surface area contributed by atoms with Gasteiger partial charge in [-0.3, -0.25) is 9.78 Å². The summed E-state index contributed by atoms with van der Waals surface area (Å²) in [5.74, 6) is -0.0554. The van der Waals surface area contributed by atoms with Gasteiger partial charge in [-0.2, -0.15) is 0 Å². The zero-order valence-corrected chi connectivity index (χ0v) is 14.3. The number of hydrogen-bond acceptors (Lipinski definition) is 5. The summed E-state index contributed by atoms with van der Waals surface area (Å²) >= 11 is 0. The van der Waals surface area contributed by atoms with Crippen molar-refractivity contribution in [2.45, 2.75) is 19.9 Å². The molecule has 1 N–H and O–H groups in total. The number of nitrogens with one attached hydrogen (secondary N) is 1. The Bertz CT molecular complexity index is 934. The minimum absolute atomic E-state index is 0.0554. The molecule has 0 aliphatic carbocycles. The molecule has 4 rings (SSSR count). The van der Waals surface area contributed by atoms with Gasteiger partial charge in [0.05, 0.1) is 16.9 Å². The van der Waals surface area contributed by atoms with Crippen LogP contribution in [0, 0.1) is 6.92 Å². The van der Waals surface area contributed by atoms with Crippen LogP contribution in [-0.2, 0) is 0 Å². The van der Waals surface area contributed by atoms with Gasteiger partial charge in [-0.1, -0.05) is 11.3 Å². The van der Waals surface area contributed by atoms with Gasteiger partial charge < -0.3 is 10.2 Å². The third-order valence-corrected chi connectivity index (χ3v) is 4.69. The second kappa shape index (κ2) is 6.25. The summed E-state index contributed by atoms with van der Waals surface area (Å²) < 4.78 is 1.71. The fraction of sp³-hybridized carbons (Fsp3) is 0.333. The van der Waals surface area contributed by atoms with Crippen molar-refractivity contribution in [3.63, 3.8) is 0 Å². The predicted octanol–water partition coefficient (Wildman–Crippen LogP) is 1.56. The fourth-order valence-electron chi connectivity index (χ4n) is 3.25. The van der Waals surface area contributed by atoms with Gasteiger partial charge in [0, 0.05) is 37.3 Å². The molecule has 0 saturated carbocycles. The molecule has 0 spiro atoms. The van der Waals surface area contributed by atoms with Gasteiger partial charge in [0.2, 0.25) is 0 Å². The molecule has 1 atom stereocenters. The van der Waals surface area contributed by atoms with Crippen molar-refractivity contribution < 1.29 is 4.79 Å². The average Bonchev–Trinajstić information content (AvgIpc) is 3.02. The largest absolute Gasteiger partial charge is 0.332 e. The third-order valence-electron chi connectivity index (χ3n) is 4.69. The van der Waals surface area contributed by atoms with Crippen LogP contribution < -0.4 is 5.32 Å². The van der Waals surface area contributed by atoms with Crippen LogP contribution in [0.4, 0.5) is 0 Å². The summed E-state index contributed by atoms with van der Waals surface area (Å²) in [7, 11) is 0. The molecule has 3 heterocycles. The molecule has 1 aliphatic heterocycles. The number of rotatable bonds is 2. The molecule has 7 heteroatoms. The van der Waals surface area contributed by atoms with Crippen LogP contribution in [0.2, 0.25) is 0 Å². The van der Waals surface area contributed by atoms with Gasteiger partial charge in [-0.05, 0) is 38.1 Å². The number of carbonyl (C=O) groups is 1. The van der Waals surface area contributed by atoms with E-state index in [0.29, 0.717) is 12.2 Å². The highest BCUT2D eigenvalue weighted by Gasteiger charge is 2.28. The minimum atomic E-state index is -0.0554. The van der Waals surface area contributed by atoms with E-state index in [0.717, 1.165) is 35.4 Å². The Labute approximate surface area is 145 Å². The maximum atomic E-state index is 12.9. The highest BCUT2D eigenvalue weighted by Crippen LogP contribution is 2.19. The minimum Gasteiger partial charge on any atom is -0.332 e. The molecule has 0 radical (unpaired) electrons. The van der Waals surface area contributed by atoms with Gasteiger partial charge in [0.1, 0.15) is 0 Å². The lowest BCUT2D eigenvalue weighted by Crippen LogP contribution is -2.52. The van der Waals surface area contributed by atoms with E-state index in [1.165, 1.54) is 0 Å². The molecule has 1 saturated heterocycles. The van der Waals surface area contributed by atoms with E-state index >= 15 is 0 Å². The van der Waals surface area contributed by atoms with Crippen molar-refractivity contribution in [3.05, 3.63) is 47.9 Å². The van der Waals surface area contributed by atoms with Crippen LogP contribution in [0.1, 0.15) is 23.1 Å². The molecule has 25 heavy (non-hydrogen) atoms. The smallest absolute Gasteiger partial charge is 0.276 e. The highest BCUT2D eigenvalue weighted by atomic mass is 16.2. The van der Waals surface area contributed by atoms with Crippen molar-refractivity contribution >= 4 is 16.8 Å². The summed E-state index contributed by atoms with van der Waals surface area (Å²) in [6.45, 7) is 6.22. The first-order chi connectivity index (χ1) is 12.1. The molecule has 1 fully saturated rings. The predicted molar refractivity (Wildman–Crippen MR) is 94.8 cm³/mol. The normalized spacial score (nSPS) is 17.8. The van der Waals surface area contributed by atoms with Crippen molar-refractivity contribution in [2.24, 2.45) is 0 Å². The number of aromatic nitrogens is 4. The Kier molecular flexibility index (Phi) is 3.93. The molecular weight excluding hydrogens is 316 g/mol. The first kappa shape index (κ1) is 15.7. The molecule has 7 nitrogen and oxygen atoms in total. The van der Waals surface area contributed by atoms with Crippen molar-refractivity contribution in [2.75, 3.05) is 19.6 Å². The third kappa shape index (κ3) is 2.76. The second-order valence-corrected chi connectivity index (χ2v) is 6.37. The molecule has 1 aromatic carbocycles. The Hall–Kier alpha value is -2.80. The summed E-state index contributed by atoms with van der Waals surface area (Å²) in [4.78, 5) is 19.1. The molecule has 128 valence electrons. The Morgan fingerprint density at radius 3 is 3.04 bits per heavy atom. The molecule has 1 aliphatic rings. The highest BCUT2D eigenvalue weighted by molar-refractivity contribution is 5.93. The molecular formula is C18H20N6O.